The van der Waals surface area contributed by atoms with Crippen LogP contribution in [-0.4, -0.2) is 36.6 Å². The fourth-order valence-electron chi connectivity index (χ4n) is 3.07. The summed E-state index contributed by atoms with van der Waals surface area (Å²) in [6.45, 7) is 6.72. The molecule has 0 spiro atoms. The Labute approximate surface area is 194 Å². The van der Waals surface area contributed by atoms with Crippen LogP contribution in [0.4, 0.5) is 4.39 Å². The molecule has 0 aliphatic heterocycles. The van der Waals surface area contributed by atoms with Crippen LogP contribution >= 0.6 is 0 Å². The highest BCUT2D eigenvalue weighted by atomic mass is 32.2. The van der Waals surface area contributed by atoms with Gasteiger partial charge < -0.3 is 0 Å². The number of fused-ring (bicyclic) bond motifs is 1. The molecule has 0 aliphatic rings. The lowest BCUT2D eigenvalue weighted by Gasteiger charge is -2.14. The van der Waals surface area contributed by atoms with Gasteiger partial charge in [0.15, 0.2) is 5.69 Å². The van der Waals surface area contributed by atoms with E-state index in [2.05, 4.69) is 27.3 Å². The van der Waals surface area contributed by atoms with Crippen LogP contribution in [0.2, 0.25) is 0 Å². The molecule has 178 valence electrons. The number of nitrogens with zero attached hydrogens (tertiary/aromatic N) is 2. The van der Waals surface area contributed by atoms with Gasteiger partial charge in [0, 0.05) is 17.5 Å². The van der Waals surface area contributed by atoms with Crippen molar-refractivity contribution in [3.8, 4) is 0 Å². The Bertz CT molecular complexity index is 1450. The average molecular weight is 488 g/mol. The molecule has 3 N–H and O–H groups in total. The topological polar surface area (TPSA) is 139 Å². The lowest BCUT2D eigenvalue weighted by atomic mass is 10.1. The third kappa shape index (κ3) is 5.02. The molecule has 0 bridgehead atoms. The lowest BCUT2D eigenvalue weighted by Crippen LogP contribution is -2.43. The molecule has 10 nitrogen and oxygen atoms in total. The predicted octanol–water partition coefficient (Wildman–Crippen LogP) is 1.66. The first-order valence-electron chi connectivity index (χ1n) is 10.1. The van der Waals surface area contributed by atoms with E-state index in [1.54, 1.807) is 38.1 Å². The van der Waals surface area contributed by atoms with E-state index < -0.39 is 32.6 Å². The largest absolute Gasteiger partial charge is 0.290 e. The minimum absolute atomic E-state index is 0.0970. The Morgan fingerprint density at radius 1 is 1.12 bits per heavy atom. The van der Waals surface area contributed by atoms with Crippen molar-refractivity contribution in [1.29, 1.82) is 0 Å². The molecule has 0 unspecified atom stereocenters. The minimum atomic E-state index is -4.23. The summed E-state index contributed by atoms with van der Waals surface area (Å²) >= 11 is 0. The number of halogens is 1. The summed E-state index contributed by atoms with van der Waals surface area (Å²) < 4.78 is 41.8. The van der Waals surface area contributed by atoms with E-state index in [4.69, 9.17) is 0 Å². The summed E-state index contributed by atoms with van der Waals surface area (Å²) in [4.78, 5) is 37.2. The number of amides is 2. The van der Waals surface area contributed by atoms with E-state index in [1.807, 2.05) is 0 Å². The van der Waals surface area contributed by atoms with E-state index >= 15 is 0 Å². The van der Waals surface area contributed by atoms with Gasteiger partial charge in [-0.3, -0.25) is 25.2 Å². The van der Waals surface area contributed by atoms with Crippen molar-refractivity contribution in [3.05, 3.63) is 82.5 Å². The first-order valence-corrected chi connectivity index (χ1v) is 11.6. The van der Waals surface area contributed by atoms with E-state index in [1.165, 1.54) is 6.08 Å². The Morgan fingerprint density at radius 3 is 2.41 bits per heavy atom. The van der Waals surface area contributed by atoms with Crippen LogP contribution in [0.5, 0.6) is 0 Å². The van der Waals surface area contributed by atoms with E-state index in [0.29, 0.717) is 5.39 Å². The summed E-state index contributed by atoms with van der Waals surface area (Å²) in [5.74, 6) is -2.75. The zero-order valence-electron chi connectivity index (χ0n) is 18.3. The number of hydrogen-bond donors (Lipinski definition) is 3. The molecule has 0 radical (unpaired) electrons. The first kappa shape index (κ1) is 24.7. The highest BCUT2D eigenvalue weighted by molar-refractivity contribution is 7.89. The molecule has 0 aliphatic carbocycles. The van der Waals surface area contributed by atoms with Gasteiger partial charge >= 0.3 is 0 Å². The van der Waals surface area contributed by atoms with Gasteiger partial charge in [-0.1, -0.05) is 24.3 Å². The molecule has 0 atom stereocenters. The molecule has 34 heavy (non-hydrogen) atoms. The molecule has 0 fully saturated rings. The fraction of sp³-hybridized carbons (Fsp3) is 0.182. The molecule has 0 saturated carbocycles. The van der Waals surface area contributed by atoms with E-state index in [0.717, 1.165) is 22.9 Å². The summed E-state index contributed by atoms with van der Waals surface area (Å²) in [6, 6.07) is 8.82. The summed E-state index contributed by atoms with van der Waals surface area (Å²) in [5, 5.41) is 4.70. The number of benzene rings is 2. The van der Waals surface area contributed by atoms with Crippen LogP contribution in [-0.2, 0) is 10.0 Å². The second kappa shape index (κ2) is 9.93. The maximum atomic E-state index is 14.1. The SMILES string of the molecule is C=CCNS(=O)(=O)c1cc(C(=O)NNC(=O)c2nn(C(C)C)c(=O)c3ccccc23)ccc1F. The number of carbonyl (C=O) groups is 2. The number of nitrogens with one attached hydrogen (secondary N) is 3. The molecule has 2 aromatic carbocycles. The Morgan fingerprint density at radius 2 is 1.76 bits per heavy atom. The summed E-state index contributed by atoms with van der Waals surface area (Å²) in [5.41, 5.74) is 3.66. The van der Waals surface area contributed by atoms with Gasteiger partial charge in [-0.25, -0.2) is 22.2 Å². The molecule has 0 saturated heterocycles. The number of aromatic nitrogens is 2. The number of sulfonamides is 1. The van der Waals surface area contributed by atoms with Crippen molar-refractivity contribution in [1.82, 2.24) is 25.4 Å². The summed E-state index contributed by atoms with van der Waals surface area (Å²) in [6.07, 6.45) is 1.28. The Hall–Kier alpha value is -3.90. The average Bonchev–Trinajstić information content (AvgIpc) is 2.81. The smallest absolute Gasteiger partial charge is 0.267 e. The standard InChI is InChI=1S/C22H22FN5O5S/c1-4-11-24-34(32,33)18-12-14(9-10-17(18)23)20(29)25-26-21(30)19-15-7-5-6-8-16(15)22(31)28(27-19)13(2)3/h4-10,12-13,24H,1,11H2,2-3H3,(H,25,29)(H,26,30). The third-order valence-corrected chi connectivity index (χ3v) is 6.16. The minimum Gasteiger partial charge on any atom is -0.267 e. The molecule has 1 aromatic heterocycles. The van der Waals surface area contributed by atoms with Crippen molar-refractivity contribution >= 4 is 32.6 Å². The van der Waals surface area contributed by atoms with Gasteiger partial charge in [0.1, 0.15) is 10.7 Å². The number of hydrazine groups is 1. The maximum Gasteiger partial charge on any atom is 0.290 e. The monoisotopic (exact) mass is 487 g/mol. The Balaban J connectivity index is 1.87. The lowest BCUT2D eigenvalue weighted by molar-refractivity contribution is 0.0843. The fourth-order valence-corrected chi connectivity index (χ4v) is 4.17. The zero-order chi connectivity index (χ0) is 25.0. The van der Waals surface area contributed by atoms with Crippen molar-refractivity contribution in [3.63, 3.8) is 0 Å². The van der Waals surface area contributed by atoms with Gasteiger partial charge in [-0.2, -0.15) is 5.10 Å². The van der Waals surface area contributed by atoms with Crippen molar-refractivity contribution < 1.29 is 22.4 Å². The second-order valence-electron chi connectivity index (χ2n) is 7.43. The summed E-state index contributed by atoms with van der Waals surface area (Å²) in [7, 11) is -4.23. The van der Waals surface area contributed by atoms with Crippen LogP contribution < -0.4 is 21.1 Å². The van der Waals surface area contributed by atoms with Gasteiger partial charge in [0.25, 0.3) is 17.4 Å². The van der Waals surface area contributed by atoms with Gasteiger partial charge in [0.2, 0.25) is 10.0 Å². The molecule has 2 amide bonds. The van der Waals surface area contributed by atoms with Gasteiger partial charge in [-0.05, 0) is 38.1 Å². The number of carbonyl (C=O) groups excluding carboxylic acids is 2. The third-order valence-electron chi connectivity index (χ3n) is 4.72. The van der Waals surface area contributed by atoms with Crippen molar-refractivity contribution in [2.24, 2.45) is 0 Å². The van der Waals surface area contributed by atoms with Crippen molar-refractivity contribution in [2.75, 3.05) is 6.54 Å². The van der Waals surface area contributed by atoms with Gasteiger partial charge in [-0.15, -0.1) is 6.58 Å². The highest BCUT2D eigenvalue weighted by Gasteiger charge is 2.22. The van der Waals surface area contributed by atoms with Crippen LogP contribution in [0.25, 0.3) is 10.8 Å². The second-order valence-corrected chi connectivity index (χ2v) is 9.17. The first-order chi connectivity index (χ1) is 16.1. The normalized spacial score (nSPS) is 11.4. The van der Waals surface area contributed by atoms with Gasteiger partial charge in [0.05, 0.1) is 11.4 Å². The number of hydrogen-bond acceptors (Lipinski definition) is 6. The predicted molar refractivity (Wildman–Crippen MR) is 123 cm³/mol. The van der Waals surface area contributed by atoms with Crippen LogP contribution in [0.3, 0.4) is 0 Å². The maximum absolute atomic E-state index is 14.1. The molecule has 3 rings (SSSR count). The van der Waals surface area contributed by atoms with Crippen LogP contribution in [0, 0.1) is 5.82 Å². The zero-order valence-corrected chi connectivity index (χ0v) is 19.1. The Kier molecular flexibility index (Phi) is 7.23. The van der Waals surface area contributed by atoms with E-state index in [9.17, 15) is 27.2 Å². The van der Waals surface area contributed by atoms with Crippen LogP contribution in [0.15, 0.2) is 64.8 Å². The molecule has 3 aromatic rings. The molecule has 12 heteroatoms. The molecular weight excluding hydrogens is 465 g/mol. The number of rotatable bonds is 7. The molecular formula is C22H22FN5O5S. The van der Waals surface area contributed by atoms with Crippen molar-refractivity contribution in [2.45, 2.75) is 24.8 Å². The van der Waals surface area contributed by atoms with E-state index in [-0.39, 0.29) is 34.8 Å². The van der Waals surface area contributed by atoms with Crippen LogP contribution in [0.1, 0.15) is 40.7 Å². The quantitative estimate of drug-likeness (QED) is 0.342. The highest BCUT2D eigenvalue weighted by Crippen LogP contribution is 2.17. The molecule has 1 heterocycles.